The number of hydrogen-bond donors (Lipinski definition) is 0. The number of ether oxygens (including phenoxy) is 2. The van der Waals surface area contributed by atoms with Crippen molar-refractivity contribution in [1.29, 1.82) is 0 Å². The Morgan fingerprint density at radius 2 is 1.03 bits per heavy atom. The average molecular weight is 537 g/mol. The molecule has 4 aromatic rings. The molecule has 6 rings (SSSR count). The van der Waals surface area contributed by atoms with E-state index in [2.05, 4.69) is 0 Å². The zero-order valence-corrected chi connectivity index (χ0v) is 21.7. The Morgan fingerprint density at radius 3 is 1.56 bits per heavy atom. The van der Waals surface area contributed by atoms with Gasteiger partial charge in [-0.3, -0.25) is 19.2 Å². The van der Waals surface area contributed by atoms with Crippen molar-refractivity contribution in [2.75, 3.05) is 24.0 Å². The molecule has 2 aliphatic heterocycles. The number of nitrogens with zero attached hydrogens (tertiary/aromatic N) is 2. The number of fused-ring (bicyclic) bond motifs is 2. The number of methoxy groups -OCH3 is 2. The lowest BCUT2D eigenvalue weighted by Gasteiger charge is -2.14. The first-order chi connectivity index (χ1) is 18.9. The van der Waals surface area contributed by atoms with Gasteiger partial charge in [0.25, 0.3) is 23.6 Å². The van der Waals surface area contributed by atoms with Gasteiger partial charge in [-0.25, -0.2) is 9.80 Å². The summed E-state index contributed by atoms with van der Waals surface area (Å²) in [5, 5.41) is 0. The van der Waals surface area contributed by atoms with Crippen LogP contribution in [0.25, 0.3) is 0 Å². The minimum Gasteiger partial charge on any atom is -0.497 e. The molecule has 192 valence electrons. The van der Waals surface area contributed by atoms with Crippen molar-refractivity contribution in [1.82, 2.24) is 0 Å². The van der Waals surface area contributed by atoms with Crippen molar-refractivity contribution in [3.05, 3.63) is 107 Å². The second-order valence-corrected chi connectivity index (χ2v) is 9.95. The zero-order valence-electron chi connectivity index (χ0n) is 20.8. The van der Waals surface area contributed by atoms with Gasteiger partial charge in [0.1, 0.15) is 11.5 Å². The Hall–Kier alpha value is -4.89. The largest absolute Gasteiger partial charge is 0.497 e. The molecule has 4 amide bonds. The van der Waals surface area contributed by atoms with E-state index in [-0.39, 0.29) is 0 Å². The third kappa shape index (κ3) is 4.04. The highest BCUT2D eigenvalue weighted by Gasteiger charge is 2.38. The number of rotatable bonds is 6. The molecule has 0 aliphatic carbocycles. The first-order valence-electron chi connectivity index (χ1n) is 11.9. The van der Waals surface area contributed by atoms with E-state index in [0.29, 0.717) is 54.9 Å². The van der Waals surface area contributed by atoms with Gasteiger partial charge in [0.05, 0.1) is 47.8 Å². The van der Waals surface area contributed by atoms with E-state index >= 15 is 0 Å². The van der Waals surface area contributed by atoms with Crippen LogP contribution in [0.15, 0.2) is 94.7 Å². The molecular weight excluding hydrogens is 516 g/mol. The van der Waals surface area contributed by atoms with Crippen LogP contribution in [0.5, 0.6) is 11.5 Å². The molecule has 8 nitrogen and oxygen atoms in total. The summed E-state index contributed by atoms with van der Waals surface area (Å²) in [4.78, 5) is 56.1. The number of carbonyl (C=O) groups excluding carboxylic acids is 4. The average Bonchev–Trinajstić information content (AvgIpc) is 3.36. The summed E-state index contributed by atoms with van der Waals surface area (Å²) in [6.45, 7) is 0. The van der Waals surface area contributed by atoms with Crippen LogP contribution in [0.3, 0.4) is 0 Å². The third-order valence-corrected chi connectivity index (χ3v) is 7.57. The topological polar surface area (TPSA) is 93.2 Å². The van der Waals surface area contributed by atoms with E-state index in [4.69, 9.17) is 9.47 Å². The standard InChI is InChI=1S/C30H20N2O6S/c1-37-19-8-6-17(7-9-19)31-27(33)23-12-10-21(15-25(23)29(31)35)39-22-11-13-24-26(16-22)30(36)32(28(24)34)18-4-3-5-20(14-18)38-2/h3-16H,1-2H3. The summed E-state index contributed by atoms with van der Waals surface area (Å²) in [6.07, 6.45) is 0. The molecule has 0 N–H and O–H groups in total. The van der Waals surface area contributed by atoms with E-state index in [1.807, 2.05) is 0 Å². The maximum atomic E-state index is 13.2. The van der Waals surface area contributed by atoms with Gasteiger partial charge >= 0.3 is 0 Å². The maximum Gasteiger partial charge on any atom is 0.266 e. The van der Waals surface area contributed by atoms with E-state index in [0.717, 1.165) is 9.80 Å². The smallest absolute Gasteiger partial charge is 0.266 e. The lowest BCUT2D eigenvalue weighted by Crippen LogP contribution is -2.29. The molecule has 4 aromatic carbocycles. The molecule has 0 saturated carbocycles. The molecule has 0 fully saturated rings. The maximum absolute atomic E-state index is 13.2. The van der Waals surface area contributed by atoms with Crippen molar-refractivity contribution in [2.24, 2.45) is 0 Å². The Kier molecular flexibility index (Phi) is 5.92. The lowest BCUT2D eigenvalue weighted by atomic mass is 10.1. The summed E-state index contributed by atoms with van der Waals surface area (Å²) in [5.41, 5.74) is 2.13. The van der Waals surface area contributed by atoms with Gasteiger partial charge in [0.2, 0.25) is 0 Å². The van der Waals surface area contributed by atoms with Crippen LogP contribution < -0.4 is 19.3 Å². The molecular formula is C30H20N2O6S. The quantitative estimate of drug-likeness (QED) is 0.302. The summed E-state index contributed by atoms with van der Waals surface area (Å²) in [7, 11) is 3.06. The summed E-state index contributed by atoms with van der Waals surface area (Å²) < 4.78 is 10.4. The summed E-state index contributed by atoms with van der Waals surface area (Å²) in [5.74, 6) is -0.469. The molecule has 9 heteroatoms. The number of imide groups is 2. The van der Waals surface area contributed by atoms with E-state index in [1.54, 1.807) is 92.0 Å². The molecule has 2 aliphatic rings. The van der Waals surface area contributed by atoms with Crippen molar-refractivity contribution >= 4 is 46.8 Å². The number of anilines is 2. The predicted molar refractivity (Wildman–Crippen MR) is 145 cm³/mol. The Morgan fingerprint density at radius 1 is 0.513 bits per heavy atom. The summed E-state index contributed by atoms with van der Waals surface area (Å²) >= 11 is 1.33. The Labute approximate surface area is 227 Å². The second-order valence-electron chi connectivity index (χ2n) is 8.81. The fourth-order valence-electron chi connectivity index (χ4n) is 4.65. The highest BCUT2D eigenvalue weighted by Crippen LogP contribution is 2.37. The van der Waals surface area contributed by atoms with Crippen molar-refractivity contribution in [3.8, 4) is 11.5 Å². The van der Waals surface area contributed by atoms with Crippen LogP contribution >= 0.6 is 11.8 Å². The van der Waals surface area contributed by atoms with Crippen LogP contribution in [0, 0.1) is 0 Å². The number of hydrogen-bond acceptors (Lipinski definition) is 7. The molecule has 0 saturated heterocycles. The van der Waals surface area contributed by atoms with Crippen molar-refractivity contribution < 1.29 is 28.7 Å². The fraction of sp³-hybridized carbons (Fsp3) is 0.0667. The molecule has 0 atom stereocenters. The number of carbonyl (C=O) groups is 4. The zero-order chi connectivity index (χ0) is 27.3. The van der Waals surface area contributed by atoms with Gasteiger partial charge in [0.15, 0.2) is 0 Å². The van der Waals surface area contributed by atoms with Crippen LogP contribution in [-0.2, 0) is 0 Å². The SMILES string of the molecule is COc1ccc(N2C(=O)c3ccc(Sc4ccc5c(c4)C(=O)N(c4cccc(OC)c4)C5=O)cc3C2=O)cc1. The van der Waals surface area contributed by atoms with Crippen LogP contribution in [-0.4, -0.2) is 37.8 Å². The Bertz CT molecular complexity index is 1700. The lowest BCUT2D eigenvalue weighted by molar-refractivity contribution is 0.0910. The van der Waals surface area contributed by atoms with E-state index in [1.165, 1.54) is 18.9 Å². The van der Waals surface area contributed by atoms with Gasteiger partial charge in [-0.1, -0.05) is 17.8 Å². The highest BCUT2D eigenvalue weighted by atomic mass is 32.2. The normalized spacial score (nSPS) is 14.1. The van der Waals surface area contributed by atoms with Gasteiger partial charge in [-0.05, 0) is 72.8 Å². The first-order valence-corrected chi connectivity index (χ1v) is 12.7. The Balaban J connectivity index is 1.26. The van der Waals surface area contributed by atoms with Crippen molar-refractivity contribution in [2.45, 2.75) is 9.79 Å². The van der Waals surface area contributed by atoms with Gasteiger partial charge < -0.3 is 9.47 Å². The molecule has 0 bridgehead atoms. The molecule has 2 heterocycles. The predicted octanol–water partition coefficient (Wildman–Crippen LogP) is 5.46. The van der Waals surface area contributed by atoms with Gasteiger partial charge in [0, 0.05) is 15.9 Å². The molecule has 0 unspecified atom stereocenters. The molecule has 0 aromatic heterocycles. The van der Waals surface area contributed by atoms with Gasteiger partial charge in [-0.15, -0.1) is 0 Å². The molecule has 0 radical (unpaired) electrons. The number of amides is 4. The van der Waals surface area contributed by atoms with Crippen molar-refractivity contribution in [3.63, 3.8) is 0 Å². The third-order valence-electron chi connectivity index (χ3n) is 6.59. The first kappa shape index (κ1) is 24.4. The number of benzene rings is 4. The highest BCUT2D eigenvalue weighted by molar-refractivity contribution is 7.99. The minimum atomic E-state index is -0.421. The van der Waals surface area contributed by atoms with E-state index in [9.17, 15) is 19.2 Å². The minimum absolute atomic E-state index is 0.297. The second kappa shape index (κ2) is 9.45. The molecule has 39 heavy (non-hydrogen) atoms. The molecule has 0 spiro atoms. The van der Waals surface area contributed by atoms with Crippen LogP contribution in [0.1, 0.15) is 41.4 Å². The van der Waals surface area contributed by atoms with Crippen LogP contribution in [0.4, 0.5) is 11.4 Å². The van der Waals surface area contributed by atoms with Crippen LogP contribution in [0.2, 0.25) is 0 Å². The fourth-order valence-corrected chi connectivity index (χ4v) is 5.55. The monoisotopic (exact) mass is 536 g/mol. The van der Waals surface area contributed by atoms with E-state index < -0.39 is 23.6 Å². The van der Waals surface area contributed by atoms with Gasteiger partial charge in [-0.2, -0.15) is 0 Å². The summed E-state index contributed by atoms with van der Waals surface area (Å²) in [6, 6.07) is 23.6.